The van der Waals surface area contributed by atoms with E-state index in [9.17, 15) is 4.79 Å². The second-order valence-electron chi connectivity index (χ2n) is 4.26. The molecule has 0 radical (unpaired) electrons. The summed E-state index contributed by atoms with van der Waals surface area (Å²) in [7, 11) is 1.79. The lowest BCUT2D eigenvalue weighted by Crippen LogP contribution is -2.38. The highest BCUT2D eigenvalue weighted by molar-refractivity contribution is 5.78. The Morgan fingerprint density at radius 1 is 1.39 bits per heavy atom. The van der Waals surface area contributed by atoms with Crippen LogP contribution in [0.15, 0.2) is 30.3 Å². The van der Waals surface area contributed by atoms with Gasteiger partial charge in [0.05, 0.1) is 12.5 Å². The van der Waals surface area contributed by atoms with Crippen LogP contribution in [0.1, 0.15) is 13.3 Å². The van der Waals surface area contributed by atoms with Crippen LogP contribution in [0.5, 0.6) is 5.75 Å². The molecule has 1 aromatic rings. The lowest BCUT2D eigenvalue weighted by atomic mass is 10.1. The number of benzene rings is 1. The van der Waals surface area contributed by atoms with E-state index in [0.717, 1.165) is 12.2 Å². The molecule has 1 unspecified atom stereocenters. The van der Waals surface area contributed by atoms with Gasteiger partial charge in [0.1, 0.15) is 12.4 Å². The van der Waals surface area contributed by atoms with E-state index < -0.39 is 0 Å². The Morgan fingerprint density at radius 2 is 2.06 bits per heavy atom. The molecular formula is C14H22N2O2. The molecule has 0 aliphatic carbocycles. The van der Waals surface area contributed by atoms with Crippen LogP contribution in [0.4, 0.5) is 0 Å². The van der Waals surface area contributed by atoms with Crippen LogP contribution in [0, 0.1) is 5.92 Å². The molecule has 0 saturated heterocycles. The summed E-state index contributed by atoms with van der Waals surface area (Å²) in [6.07, 6.45) is 0.777. The fraction of sp³-hybridized carbons (Fsp3) is 0.500. The Hall–Kier alpha value is -1.55. The van der Waals surface area contributed by atoms with Gasteiger partial charge < -0.3 is 15.4 Å². The van der Waals surface area contributed by atoms with Crippen molar-refractivity contribution in [3.05, 3.63) is 30.3 Å². The van der Waals surface area contributed by atoms with Crippen LogP contribution < -0.4 is 10.5 Å². The number of likely N-dealkylation sites (N-methyl/N-ethyl adjacent to an activating group) is 1. The summed E-state index contributed by atoms with van der Waals surface area (Å²) >= 11 is 0. The minimum absolute atomic E-state index is 0.0771. The molecule has 1 atom stereocenters. The van der Waals surface area contributed by atoms with E-state index in [1.54, 1.807) is 11.9 Å². The number of hydrogen-bond donors (Lipinski definition) is 1. The smallest absolute Gasteiger partial charge is 0.226 e. The van der Waals surface area contributed by atoms with E-state index >= 15 is 0 Å². The molecule has 1 aromatic carbocycles. The topological polar surface area (TPSA) is 55.6 Å². The summed E-state index contributed by atoms with van der Waals surface area (Å²) in [5, 5.41) is 0. The molecule has 1 rings (SSSR count). The fourth-order valence-corrected chi connectivity index (χ4v) is 1.68. The van der Waals surface area contributed by atoms with E-state index in [1.807, 2.05) is 37.3 Å². The van der Waals surface area contributed by atoms with Crippen LogP contribution >= 0.6 is 0 Å². The van der Waals surface area contributed by atoms with Crippen molar-refractivity contribution in [3.8, 4) is 5.75 Å². The first-order valence-corrected chi connectivity index (χ1v) is 6.32. The summed E-state index contributed by atoms with van der Waals surface area (Å²) in [5.41, 5.74) is 5.56. The van der Waals surface area contributed by atoms with Crippen molar-refractivity contribution in [1.29, 1.82) is 0 Å². The van der Waals surface area contributed by atoms with Gasteiger partial charge in [-0.2, -0.15) is 0 Å². The Kier molecular flexibility index (Phi) is 6.22. The number of carbonyl (C=O) groups is 1. The van der Waals surface area contributed by atoms with Crippen LogP contribution in [-0.2, 0) is 4.79 Å². The zero-order valence-electron chi connectivity index (χ0n) is 11.1. The average molecular weight is 250 g/mol. The Bertz CT molecular complexity index is 350. The van der Waals surface area contributed by atoms with Crippen molar-refractivity contribution in [2.75, 3.05) is 26.7 Å². The highest BCUT2D eigenvalue weighted by Crippen LogP contribution is 2.09. The number of carbonyl (C=O) groups excluding carboxylic acids is 1. The van der Waals surface area contributed by atoms with Crippen LogP contribution in [-0.4, -0.2) is 37.6 Å². The first-order chi connectivity index (χ1) is 8.69. The molecule has 0 heterocycles. The van der Waals surface area contributed by atoms with Crippen molar-refractivity contribution >= 4 is 5.91 Å². The molecule has 2 N–H and O–H groups in total. The number of hydrogen-bond acceptors (Lipinski definition) is 3. The third-order valence-electron chi connectivity index (χ3n) is 2.94. The summed E-state index contributed by atoms with van der Waals surface area (Å²) in [6, 6.07) is 9.58. The lowest BCUT2D eigenvalue weighted by Gasteiger charge is -2.22. The highest BCUT2D eigenvalue weighted by atomic mass is 16.5. The molecule has 1 amide bonds. The predicted octanol–water partition coefficient (Wildman–Crippen LogP) is 1.51. The Balaban J connectivity index is 2.33. The summed E-state index contributed by atoms with van der Waals surface area (Å²) in [4.78, 5) is 13.6. The van der Waals surface area contributed by atoms with Crippen molar-refractivity contribution in [1.82, 2.24) is 4.90 Å². The molecule has 100 valence electrons. The van der Waals surface area contributed by atoms with Crippen LogP contribution in [0.2, 0.25) is 0 Å². The normalized spacial score (nSPS) is 11.9. The average Bonchev–Trinajstić information content (AvgIpc) is 2.41. The van der Waals surface area contributed by atoms with Gasteiger partial charge in [-0.3, -0.25) is 4.79 Å². The molecule has 4 nitrogen and oxygen atoms in total. The van der Waals surface area contributed by atoms with E-state index in [1.165, 1.54) is 0 Å². The summed E-state index contributed by atoms with van der Waals surface area (Å²) < 4.78 is 5.55. The molecule has 0 fully saturated rings. The number of amides is 1. The van der Waals surface area contributed by atoms with Gasteiger partial charge in [-0.05, 0) is 18.6 Å². The molecule has 4 heteroatoms. The highest BCUT2D eigenvalue weighted by Gasteiger charge is 2.18. The number of nitrogens with two attached hydrogens (primary N) is 1. The number of nitrogens with zero attached hydrogens (tertiary/aromatic N) is 1. The second kappa shape index (κ2) is 7.71. The van der Waals surface area contributed by atoms with E-state index in [-0.39, 0.29) is 11.8 Å². The molecule has 0 spiro atoms. The molecule has 0 bridgehead atoms. The molecule has 18 heavy (non-hydrogen) atoms. The molecule has 0 saturated carbocycles. The van der Waals surface area contributed by atoms with Gasteiger partial charge in [0.25, 0.3) is 0 Å². The zero-order valence-corrected chi connectivity index (χ0v) is 11.1. The number of ether oxygens (including phenoxy) is 1. The number of rotatable bonds is 7. The van der Waals surface area contributed by atoms with Gasteiger partial charge in [-0.15, -0.1) is 0 Å². The minimum atomic E-state index is -0.0771. The SMILES string of the molecule is CCC(CN)C(=O)N(C)CCOc1ccccc1. The maximum atomic E-state index is 11.9. The van der Waals surface area contributed by atoms with Gasteiger partial charge in [0, 0.05) is 13.6 Å². The van der Waals surface area contributed by atoms with Gasteiger partial charge in [-0.25, -0.2) is 0 Å². The standard InChI is InChI=1S/C14H22N2O2/c1-3-12(11-15)14(17)16(2)9-10-18-13-7-5-4-6-8-13/h4-8,12H,3,9-11,15H2,1-2H3. The predicted molar refractivity (Wildman–Crippen MR) is 72.4 cm³/mol. The number of para-hydroxylation sites is 1. The second-order valence-corrected chi connectivity index (χ2v) is 4.26. The van der Waals surface area contributed by atoms with E-state index in [4.69, 9.17) is 10.5 Å². The van der Waals surface area contributed by atoms with Crippen molar-refractivity contribution in [2.45, 2.75) is 13.3 Å². The van der Waals surface area contributed by atoms with Gasteiger partial charge in [0.15, 0.2) is 0 Å². The summed E-state index contributed by atoms with van der Waals surface area (Å²) in [5.74, 6) is 0.840. The van der Waals surface area contributed by atoms with Crippen molar-refractivity contribution in [3.63, 3.8) is 0 Å². The van der Waals surface area contributed by atoms with Crippen LogP contribution in [0.25, 0.3) is 0 Å². The third kappa shape index (κ3) is 4.37. The largest absolute Gasteiger partial charge is 0.492 e. The fourth-order valence-electron chi connectivity index (χ4n) is 1.68. The Morgan fingerprint density at radius 3 is 2.61 bits per heavy atom. The minimum Gasteiger partial charge on any atom is -0.492 e. The molecular weight excluding hydrogens is 228 g/mol. The van der Waals surface area contributed by atoms with E-state index in [2.05, 4.69) is 0 Å². The molecule has 0 aliphatic heterocycles. The quantitative estimate of drug-likeness (QED) is 0.798. The third-order valence-corrected chi connectivity index (χ3v) is 2.94. The zero-order chi connectivity index (χ0) is 13.4. The monoisotopic (exact) mass is 250 g/mol. The Labute approximate surface area is 109 Å². The van der Waals surface area contributed by atoms with Gasteiger partial charge in [0.2, 0.25) is 5.91 Å². The lowest BCUT2D eigenvalue weighted by molar-refractivity contribution is -0.134. The first kappa shape index (κ1) is 14.5. The van der Waals surface area contributed by atoms with E-state index in [0.29, 0.717) is 19.7 Å². The molecule has 0 aliphatic rings. The van der Waals surface area contributed by atoms with Gasteiger partial charge in [-0.1, -0.05) is 25.1 Å². The molecule has 0 aromatic heterocycles. The van der Waals surface area contributed by atoms with Crippen molar-refractivity contribution < 1.29 is 9.53 Å². The maximum absolute atomic E-state index is 11.9. The van der Waals surface area contributed by atoms with Crippen molar-refractivity contribution in [2.24, 2.45) is 11.7 Å². The van der Waals surface area contributed by atoms with Gasteiger partial charge >= 0.3 is 0 Å². The first-order valence-electron chi connectivity index (χ1n) is 6.32. The van der Waals surface area contributed by atoms with Crippen LogP contribution in [0.3, 0.4) is 0 Å². The maximum Gasteiger partial charge on any atom is 0.226 e. The summed E-state index contributed by atoms with van der Waals surface area (Å²) in [6.45, 7) is 3.44.